The van der Waals surface area contributed by atoms with E-state index in [4.69, 9.17) is 10.5 Å². The second-order valence-corrected chi connectivity index (χ2v) is 5.98. The number of rotatable bonds is 7. The summed E-state index contributed by atoms with van der Waals surface area (Å²) in [7, 11) is 0. The van der Waals surface area contributed by atoms with Gasteiger partial charge in [-0.3, -0.25) is 4.79 Å². The van der Waals surface area contributed by atoms with Crippen molar-refractivity contribution >= 4 is 17.2 Å². The lowest BCUT2D eigenvalue weighted by Crippen LogP contribution is -2.41. The molecule has 0 aliphatic rings. The average molecular weight is 341 g/mol. The predicted molar refractivity (Wildman–Crippen MR) is 84.0 cm³/mol. The lowest BCUT2D eigenvalue weighted by Gasteiger charge is -2.14. The van der Waals surface area contributed by atoms with E-state index in [0.29, 0.717) is 5.75 Å². The SMILES string of the molecule is Cc1nc(COc2cccc(C(=O)NCC(F)(F)CN)c2)cs1. The van der Waals surface area contributed by atoms with Gasteiger partial charge in [0.1, 0.15) is 12.4 Å². The molecule has 3 N–H and O–H groups in total. The van der Waals surface area contributed by atoms with Crippen molar-refractivity contribution in [1.82, 2.24) is 10.3 Å². The number of nitrogens with zero attached hydrogens (tertiary/aromatic N) is 1. The topological polar surface area (TPSA) is 77.2 Å². The van der Waals surface area contributed by atoms with E-state index in [0.717, 1.165) is 10.7 Å². The van der Waals surface area contributed by atoms with Crippen LogP contribution in [0.1, 0.15) is 21.1 Å². The average Bonchev–Trinajstić information content (AvgIpc) is 2.96. The van der Waals surface area contributed by atoms with E-state index in [-0.39, 0.29) is 12.2 Å². The first-order chi connectivity index (χ1) is 10.9. The van der Waals surface area contributed by atoms with E-state index in [2.05, 4.69) is 10.3 Å². The fraction of sp³-hybridized carbons (Fsp3) is 0.333. The Hall–Kier alpha value is -2.06. The normalized spacial score (nSPS) is 11.3. The molecule has 1 aromatic heterocycles. The van der Waals surface area contributed by atoms with Crippen LogP contribution in [0.5, 0.6) is 5.75 Å². The Kier molecular flexibility index (Phi) is 5.62. The van der Waals surface area contributed by atoms with Gasteiger partial charge in [-0.2, -0.15) is 0 Å². The van der Waals surface area contributed by atoms with Crippen molar-refractivity contribution in [1.29, 1.82) is 0 Å². The molecule has 1 heterocycles. The number of thiazole rings is 1. The van der Waals surface area contributed by atoms with Crippen LogP contribution < -0.4 is 15.8 Å². The molecule has 23 heavy (non-hydrogen) atoms. The van der Waals surface area contributed by atoms with E-state index in [1.54, 1.807) is 12.1 Å². The quantitative estimate of drug-likeness (QED) is 0.810. The standard InChI is InChI=1S/C15H17F2N3O2S/c1-10-20-12(7-23-10)6-22-13-4-2-3-11(5-13)14(21)19-9-15(16,17)8-18/h2-5,7H,6,8-9,18H2,1H3,(H,19,21). The summed E-state index contributed by atoms with van der Waals surface area (Å²) in [5, 5.41) is 4.99. The third kappa shape index (κ3) is 5.26. The van der Waals surface area contributed by atoms with Crippen LogP contribution in [0, 0.1) is 6.92 Å². The minimum absolute atomic E-state index is 0.241. The Morgan fingerprint density at radius 3 is 2.91 bits per heavy atom. The first kappa shape index (κ1) is 17.3. The van der Waals surface area contributed by atoms with Crippen molar-refractivity contribution in [2.45, 2.75) is 19.5 Å². The molecule has 0 atom stereocenters. The zero-order valence-corrected chi connectivity index (χ0v) is 13.3. The second kappa shape index (κ2) is 7.47. The van der Waals surface area contributed by atoms with Crippen LogP contribution in [0.3, 0.4) is 0 Å². The number of aromatic nitrogens is 1. The zero-order valence-electron chi connectivity index (χ0n) is 12.5. The molecule has 1 amide bonds. The maximum Gasteiger partial charge on any atom is 0.277 e. The van der Waals surface area contributed by atoms with Crippen LogP contribution in [-0.4, -0.2) is 29.9 Å². The molecule has 0 aliphatic heterocycles. The molecule has 0 radical (unpaired) electrons. The number of alkyl halides is 2. The van der Waals surface area contributed by atoms with Crippen molar-refractivity contribution < 1.29 is 18.3 Å². The fourth-order valence-corrected chi connectivity index (χ4v) is 2.34. The number of carbonyl (C=O) groups excluding carboxylic acids is 1. The van der Waals surface area contributed by atoms with Crippen LogP contribution >= 0.6 is 11.3 Å². The molecule has 0 unspecified atom stereocenters. The van der Waals surface area contributed by atoms with Gasteiger partial charge in [0.15, 0.2) is 0 Å². The number of hydrogen-bond donors (Lipinski definition) is 2. The van der Waals surface area contributed by atoms with Crippen LogP contribution in [0.2, 0.25) is 0 Å². The summed E-state index contributed by atoms with van der Waals surface area (Å²) in [4.78, 5) is 16.2. The third-order valence-electron chi connectivity index (χ3n) is 2.96. The van der Waals surface area contributed by atoms with E-state index in [9.17, 15) is 13.6 Å². The Balaban J connectivity index is 1.94. The minimum Gasteiger partial charge on any atom is -0.487 e. The number of amides is 1. The largest absolute Gasteiger partial charge is 0.487 e. The zero-order chi connectivity index (χ0) is 16.9. The smallest absolute Gasteiger partial charge is 0.277 e. The van der Waals surface area contributed by atoms with Gasteiger partial charge in [-0.25, -0.2) is 13.8 Å². The predicted octanol–water partition coefficient (Wildman–Crippen LogP) is 2.35. The maximum atomic E-state index is 13.0. The summed E-state index contributed by atoms with van der Waals surface area (Å²) < 4.78 is 31.7. The van der Waals surface area contributed by atoms with Gasteiger partial charge in [-0.05, 0) is 25.1 Å². The summed E-state index contributed by atoms with van der Waals surface area (Å²) in [5.74, 6) is -3.26. The molecule has 0 saturated carbocycles. The number of halogens is 2. The molecule has 0 bridgehead atoms. The summed E-state index contributed by atoms with van der Waals surface area (Å²) in [6.07, 6.45) is 0. The lowest BCUT2D eigenvalue weighted by atomic mass is 10.2. The van der Waals surface area contributed by atoms with Crippen molar-refractivity contribution in [2.24, 2.45) is 5.73 Å². The molecular weight excluding hydrogens is 324 g/mol. The summed E-state index contributed by atoms with van der Waals surface area (Å²) in [6, 6.07) is 6.33. The number of nitrogens with one attached hydrogen (secondary N) is 1. The Morgan fingerprint density at radius 1 is 1.48 bits per heavy atom. The third-order valence-corrected chi connectivity index (χ3v) is 3.78. The van der Waals surface area contributed by atoms with Gasteiger partial charge >= 0.3 is 0 Å². The van der Waals surface area contributed by atoms with Gasteiger partial charge in [-0.15, -0.1) is 11.3 Å². The number of hydrogen-bond acceptors (Lipinski definition) is 5. The van der Waals surface area contributed by atoms with Gasteiger partial charge in [0.2, 0.25) is 0 Å². The Morgan fingerprint density at radius 2 is 2.26 bits per heavy atom. The van der Waals surface area contributed by atoms with E-state index in [1.807, 2.05) is 12.3 Å². The monoisotopic (exact) mass is 341 g/mol. The van der Waals surface area contributed by atoms with E-state index < -0.39 is 24.9 Å². The summed E-state index contributed by atoms with van der Waals surface area (Å²) >= 11 is 1.52. The summed E-state index contributed by atoms with van der Waals surface area (Å²) in [6.45, 7) is 0.561. The molecule has 8 heteroatoms. The van der Waals surface area contributed by atoms with Crippen molar-refractivity contribution in [2.75, 3.05) is 13.1 Å². The molecule has 0 fully saturated rings. The first-order valence-corrected chi connectivity index (χ1v) is 7.77. The van der Waals surface area contributed by atoms with Crippen molar-refractivity contribution in [3.8, 4) is 5.75 Å². The Labute approximate surface area is 136 Å². The molecule has 124 valence electrons. The highest BCUT2D eigenvalue weighted by Crippen LogP contribution is 2.17. The number of aryl methyl sites for hydroxylation is 1. The fourth-order valence-electron chi connectivity index (χ4n) is 1.74. The number of ether oxygens (including phenoxy) is 1. The number of carbonyl (C=O) groups is 1. The van der Waals surface area contributed by atoms with Crippen LogP contribution in [0.15, 0.2) is 29.6 Å². The molecular formula is C15H17F2N3O2S. The molecule has 2 aromatic rings. The second-order valence-electron chi connectivity index (χ2n) is 4.92. The van der Waals surface area contributed by atoms with Gasteiger partial charge in [-0.1, -0.05) is 6.07 Å². The van der Waals surface area contributed by atoms with Crippen LogP contribution in [-0.2, 0) is 6.61 Å². The summed E-state index contributed by atoms with van der Waals surface area (Å²) in [5.41, 5.74) is 5.96. The highest BCUT2D eigenvalue weighted by molar-refractivity contribution is 7.09. The Bertz CT molecular complexity index is 676. The molecule has 0 aliphatic carbocycles. The van der Waals surface area contributed by atoms with E-state index in [1.165, 1.54) is 23.5 Å². The molecule has 5 nitrogen and oxygen atoms in total. The maximum absolute atomic E-state index is 13.0. The molecule has 0 saturated heterocycles. The van der Waals surface area contributed by atoms with Gasteiger partial charge in [0.25, 0.3) is 11.8 Å². The van der Waals surface area contributed by atoms with Crippen LogP contribution in [0.25, 0.3) is 0 Å². The highest BCUT2D eigenvalue weighted by atomic mass is 32.1. The van der Waals surface area contributed by atoms with Gasteiger partial charge < -0.3 is 15.8 Å². The van der Waals surface area contributed by atoms with Crippen molar-refractivity contribution in [3.05, 3.63) is 45.9 Å². The van der Waals surface area contributed by atoms with Gasteiger partial charge in [0.05, 0.1) is 23.8 Å². The van der Waals surface area contributed by atoms with Crippen LogP contribution in [0.4, 0.5) is 8.78 Å². The van der Waals surface area contributed by atoms with Gasteiger partial charge in [0, 0.05) is 10.9 Å². The molecule has 1 aromatic carbocycles. The molecule has 0 spiro atoms. The minimum atomic E-state index is -3.12. The molecule has 2 rings (SSSR count). The highest BCUT2D eigenvalue weighted by Gasteiger charge is 2.27. The van der Waals surface area contributed by atoms with E-state index >= 15 is 0 Å². The lowest BCUT2D eigenvalue weighted by molar-refractivity contribution is 0.0118. The first-order valence-electron chi connectivity index (χ1n) is 6.89. The number of benzene rings is 1. The van der Waals surface area contributed by atoms with Crippen molar-refractivity contribution in [3.63, 3.8) is 0 Å². The number of nitrogens with two attached hydrogens (primary N) is 1.